The molecule has 0 saturated heterocycles. The molecule has 0 aromatic rings. The fourth-order valence-electron chi connectivity index (χ4n) is 3.55. The van der Waals surface area contributed by atoms with Gasteiger partial charge in [-0.25, -0.2) is 10.0 Å². The predicted molar refractivity (Wildman–Crippen MR) is 150 cm³/mol. The third-order valence-electron chi connectivity index (χ3n) is 5.67. The van der Waals surface area contributed by atoms with E-state index in [1.54, 1.807) is 18.2 Å². The van der Waals surface area contributed by atoms with Crippen molar-refractivity contribution in [3.05, 3.63) is 101 Å². The highest BCUT2D eigenvalue weighted by Crippen LogP contribution is 2.18. The highest BCUT2D eigenvalue weighted by molar-refractivity contribution is 5.90. The highest BCUT2D eigenvalue weighted by Gasteiger charge is 2.28. The molecule has 1 aliphatic heterocycles. The molecule has 37 heavy (non-hydrogen) atoms. The van der Waals surface area contributed by atoms with Gasteiger partial charge in [-0.1, -0.05) is 50.0 Å². The van der Waals surface area contributed by atoms with Crippen LogP contribution in [0.3, 0.4) is 0 Å². The lowest BCUT2D eigenvalue weighted by atomic mass is 10.2. The number of hydrogen-bond acceptors (Lipinski definition) is 6. The van der Waals surface area contributed by atoms with Crippen LogP contribution in [0.15, 0.2) is 101 Å². The molecule has 2 rings (SSSR count). The first-order chi connectivity index (χ1) is 17.9. The monoisotopic (exact) mass is 506 g/mol. The molecule has 200 valence electrons. The maximum Gasteiger partial charge on any atom is 0.268 e. The molecule has 1 unspecified atom stereocenters. The summed E-state index contributed by atoms with van der Waals surface area (Å²) in [7, 11) is 3.52. The zero-order valence-electron chi connectivity index (χ0n) is 23.1. The standard InChI is InChI=1S/C30H42N4O3/c1-7-10-17-26(36-6)18-15-14-16-24(4)33(5)34-29(9-3)32-25(22-30(34)35)23-31-27-19-12-11-13-20-28(27)37-21-8-2/h9-12,14-17,19-20,22,24,31-32H,7-8,13,21,23H2,1-6H3/b16-14+,17-10-,29-9+. The summed E-state index contributed by atoms with van der Waals surface area (Å²) in [5.74, 6) is 2.11. The second-order valence-electron chi connectivity index (χ2n) is 8.52. The SMILES string of the molecule is C/C=C1\NC(CNC2=CC=CCC=C2OCCC)=CC(=O)N1N(C)C(C)/C=C/C=C=C(/C=C\CC)OC. The van der Waals surface area contributed by atoms with Crippen molar-refractivity contribution in [3.63, 3.8) is 0 Å². The Kier molecular flexibility index (Phi) is 12.9. The number of methoxy groups -OCH3 is 1. The van der Waals surface area contributed by atoms with Crippen molar-refractivity contribution in [3.8, 4) is 0 Å². The van der Waals surface area contributed by atoms with Crippen LogP contribution in [0.25, 0.3) is 0 Å². The lowest BCUT2D eigenvalue weighted by molar-refractivity contribution is -0.139. The average molecular weight is 507 g/mol. The van der Waals surface area contributed by atoms with Crippen LogP contribution in [0.5, 0.6) is 0 Å². The number of hydrogen-bond donors (Lipinski definition) is 2. The summed E-state index contributed by atoms with van der Waals surface area (Å²) in [4.78, 5) is 13.2. The molecule has 7 nitrogen and oxygen atoms in total. The van der Waals surface area contributed by atoms with E-state index in [0.29, 0.717) is 24.7 Å². The highest BCUT2D eigenvalue weighted by atomic mass is 16.5. The molecule has 1 amide bonds. The summed E-state index contributed by atoms with van der Waals surface area (Å²) in [6, 6.07) is -0.0460. The van der Waals surface area contributed by atoms with Crippen molar-refractivity contribution >= 4 is 5.91 Å². The second kappa shape index (κ2) is 16.1. The maximum atomic E-state index is 13.2. The maximum absolute atomic E-state index is 13.2. The number of carbonyl (C=O) groups is 1. The number of nitrogens with one attached hydrogen (secondary N) is 2. The van der Waals surface area contributed by atoms with Gasteiger partial charge in [0.2, 0.25) is 0 Å². The summed E-state index contributed by atoms with van der Waals surface area (Å²) < 4.78 is 11.2. The van der Waals surface area contributed by atoms with E-state index in [9.17, 15) is 4.79 Å². The van der Waals surface area contributed by atoms with E-state index in [1.165, 1.54) is 0 Å². The normalized spacial score (nSPS) is 17.7. The Morgan fingerprint density at radius 1 is 1.38 bits per heavy atom. The van der Waals surface area contributed by atoms with E-state index in [1.807, 2.05) is 74.5 Å². The fraction of sp³-hybridized carbons (Fsp3) is 0.400. The van der Waals surface area contributed by atoms with Crippen LogP contribution in [0.2, 0.25) is 0 Å². The first-order valence-electron chi connectivity index (χ1n) is 12.9. The molecule has 1 aliphatic carbocycles. The number of likely N-dealkylation sites (N-methyl/N-ethyl adjacent to an activating group) is 1. The van der Waals surface area contributed by atoms with Gasteiger partial charge in [-0.2, -0.15) is 0 Å². The molecule has 1 heterocycles. The van der Waals surface area contributed by atoms with Gasteiger partial charge in [0.05, 0.1) is 26.0 Å². The van der Waals surface area contributed by atoms with Gasteiger partial charge in [0, 0.05) is 24.9 Å². The molecule has 7 heteroatoms. The van der Waals surface area contributed by atoms with Crippen molar-refractivity contribution in [2.45, 2.75) is 53.0 Å². The number of carbonyl (C=O) groups excluding carboxylic acids is 1. The van der Waals surface area contributed by atoms with E-state index >= 15 is 0 Å². The fourth-order valence-corrected chi connectivity index (χ4v) is 3.55. The van der Waals surface area contributed by atoms with Crippen molar-refractivity contribution in [2.75, 3.05) is 27.3 Å². The molecule has 0 bridgehead atoms. The van der Waals surface area contributed by atoms with Crippen molar-refractivity contribution in [1.82, 2.24) is 20.7 Å². The van der Waals surface area contributed by atoms with Crippen molar-refractivity contribution in [2.24, 2.45) is 0 Å². The largest absolute Gasteiger partial charge is 0.492 e. The van der Waals surface area contributed by atoms with Gasteiger partial charge < -0.3 is 20.1 Å². The summed E-state index contributed by atoms with van der Waals surface area (Å²) in [6.07, 6.45) is 24.0. The number of allylic oxidation sites excluding steroid dienone is 8. The van der Waals surface area contributed by atoms with Crippen LogP contribution in [-0.4, -0.2) is 49.3 Å². The minimum atomic E-state index is -0.110. The van der Waals surface area contributed by atoms with Crippen LogP contribution < -0.4 is 10.6 Å². The summed E-state index contributed by atoms with van der Waals surface area (Å²) in [6.45, 7) is 9.22. The number of ether oxygens (including phenoxy) is 2. The lowest BCUT2D eigenvalue weighted by Gasteiger charge is -2.38. The minimum Gasteiger partial charge on any atom is -0.492 e. The summed E-state index contributed by atoms with van der Waals surface area (Å²) in [5.41, 5.74) is 4.80. The van der Waals surface area contributed by atoms with Gasteiger partial charge in [-0.15, -0.1) is 0 Å². The second-order valence-corrected chi connectivity index (χ2v) is 8.52. The molecule has 2 N–H and O–H groups in total. The Balaban J connectivity index is 2.08. The Hall–Kier alpha value is -3.67. The van der Waals surface area contributed by atoms with Crippen molar-refractivity contribution in [1.29, 1.82) is 0 Å². The molecule has 0 spiro atoms. The van der Waals surface area contributed by atoms with Crippen LogP contribution in [0.4, 0.5) is 0 Å². The number of nitrogens with zero attached hydrogens (tertiary/aromatic N) is 2. The third kappa shape index (κ3) is 9.37. The van der Waals surface area contributed by atoms with E-state index in [2.05, 4.69) is 42.4 Å². The Morgan fingerprint density at radius 3 is 2.89 bits per heavy atom. The van der Waals surface area contributed by atoms with E-state index in [0.717, 1.165) is 36.4 Å². The first-order valence-corrected chi connectivity index (χ1v) is 12.9. The van der Waals surface area contributed by atoms with Gasteiger partial charge in [-0.3, -0.25) is 4.79 Å². The van der Waals surface area contributed by atoms with E-state index < -0.39 is 0 Å². The van der Waals surface area contributed by atoms with Crippen molar-refractivity contribution < 1.29 is 14.3 Å². The quantitative estimate of drug-likeness (QED) is 0.199. The Bertz CT molecular complexity index is 1050. The molecule has 1 atom stereocenters. The van der Waals surface area contributed by atoms with E-state index in [4.69, 9.17) is 9.47 Å². The summed E-state index contributed by atoms with van der Waals surface area (Å²) in [5, 5.41) is 10.3. The minimum absolute atomic E-state index is 0.0460. The average Bonchev–Trinajstić information content (AvgIpc) is 3.14. The van der Waals surface area contributed by atoms with Crippen LogP contribution in [-0.2, 0) is 14.3 Å². The van der Waals surface area contributed by atoms with Crippen LogP contribution >= 0.6 is 0 Å². The van der Waals surface area contributed by atoms with Gasteiger partial charge >= 0.3 is 0 Å². The molecular weight excluding hydrogens is 464 g/mol. The van der Waals surface area contributed by atoms with Gasteiger partial charge in [0.1, 0.15) is 11.6 Å². The number of rotatable bonds is 13. The topological polar surface area (TPSA) is 66.1 Å². The zero-order valence-corrected chi connectivity index (χ0v) is 23.1. The summed E-state index contributed by atoms with van der Waals surface area (Å²) >= 11 is 0. The molecule has 0 aromatic heterocycles. The first kappa shape index (κ1) is 29.6. The smallest absolute Gasteiger partial charge is 0.268 e. The molecule has 0 aromatic carbocycles. The van der Waals surface area contributed by atoms with Gasteiger partial charge in [0.15, 0.2) is 5.76 Å². The van der Waals surface area contributed by atoms with Crippen LogP contribution in [0.1, 0.15) is 47.0 Å². The molecule has 0 radical (unpaired) electrons. The zero-order chi connectivity index (χ0) is 27.0. The molecule has 0 fully saturated rings. The van der Waals surface area contributed by atoms with Gasteiger partial charge in [0.25, 0.3) is 5.91 Å². The number of hydrazine groups is 1. The lowest BCUT2D eigenvalue weighted by Crippen LogP contribution is -2.52. The van der Waals surface area contributed by atoms with Gasteiger partial charge in [-0.05, 0) is 63.5 Å². The Morgan fingerprint density at radius 2 is 2.19 bits per heavy atom. The van der Waals surface area contributed by atoms with Crippen LogP contribution in [0, 0.1) is 0 Å². The molecule has 2 aliphatic rings. The third-order valence-corrected chi connectivity index (χ3v) is 5.67. The Labute approximate surface area is 222 Å². The van der Waals surface area contributed by atoms with E-state index in [-0.39, 0.29) is 11.9 Å². The molecule has 0 saturated carbocycles. The number of amides is 1. The predicted octanol–water partition coefficient (Wildman–Crippen LogP) is 5.35. The molecular formula is C30H42N4O3.